The number of carboxylic acid groups (broad SMARTS) is 1. The number of hydrogen-bond acceptors (Lipinski definition) is 5. The molecule has 2 aromatic carbocycles. The zero-order valence-electron chi connectivity index (χ0n) is 18.8. The fraction of sp³-hybridized carbons (Fsp3) is 0.115. The average molecular weight is 540 g/mol. The van der Waals surface area contributed by atoms with Crippen LogP contribution in [0.15, 0.2) is 77.3 Å². The minimum absolute atomic E-state index is 0.108. The van der Waals surface area contributed by atoms with Crippen LogP contribution >= 0.6 is 35.4 Å². The highest BCUT2D eigenvalue weighted by atomic mass is 35.5. The first-order valence-electron chi connectivity index (χ1n) is 10.8. The molecule has 5 rings (SSSR count). The Labute approximate surface area is 222 Å². The molecule has 0 bridgehead atoms. The smallest absolute Gasteiger partial charge is 0.335 e. The molecule has 0 aliphatic carbocycles. The van der Waals surface area contributed by atoms with Gasteiger partial charge in [0.05, 0.1) is 34.5 Å². The van der Waals surface area contributed by atoms with E-state index in [0.717, 1.165) is 11.4 Å². The van der Waals surface area contributed by atoms with Crippen molar-refractivity contribution in [3.63, 3.8) is 0 Å². The fourth-order valence-electron chi connectivity index (χ4n) is 4.23. The van der Waals surface area contributed by atoms with Crippen molar-refractivity contribution < 1.29 is 19.1 Å². The summed E-state index contributed by atoms with van der Waals surface area (Å²) in [4.78, 5) is 17.9. The second kappa shape index (κ2) is 9.81. The summed E-state index contributed by atoms with van der Waals surface area (Å²) < 4.78 is 11.6. The largest absolute Gasteiger partial charge is 0.495 e. The van der Waals surface area contributed by atoms with Gasteiger partial charge in [-0.15, -0.1) is 0 Å². The molecule has 1 fully saturated rings. The zero-order valence-corrected chi connectivity index (χ0v) is 21.1. The van der Waals surface area contributed by atoms with E-state index in [1.807, 2.05) is 35.2 Å². The summed E-state index contributed by atoms with van der Waals surface area (Å²) in [6.45, 7) is 0. The minimum Gasteiger partial charge on any atom is -0.495 e. The zero-order chi connectivity index (χ0) is 25.4. The molecule has 0 radical (unpaired) electrons. The lowest BCUT2D eigenvalue weighted by molar-refractivity contribution is 0.0697. The lowest BCUT2D eigenvalue weighted by Crippen LogP contribution is -2.29. The highest BCUT2D eigenvalue weighted by Gasteiger charge is 2.42. The molecular weight excluding hydrogens is 521 g/mol. The number of pyridine rings is 1. The van der Waals surface area contributed by atoms with E-state index in [9.17, 15) is 9.90 Å². The molecule has 4 aromatic rings. The fourth-order valence-corrected chi connectivity index (χ4v) is 5.04. The number of nitrogens with one attached hydrogen (secondary N) is 1. The number of ether oxygens (including phenoxy) is 1. The van der Waals surface area contributed by atoms with Gasteiger partial charge in [0.1, 0.15) is 23.3 Å². The third-order valence-electron chi connectivity index (χ3n) is 5.91. The highest BCUT2D eigenvalue weighted by molar-refractivity contribution is 7.80. The number of thiocarbonyl (C=S) groups is 1. The van der Waals surface area contributed by atoms with Crippen LogP contribution in [0.4, 0.5) is 5.69 Å². The SMILES string of the molecule is COc1ccc(N2C(=S)N[C@@H](c3ccccn3)[C@H]2c2ccc(-c3cc(C(=O)O)ccc3Cl)o2)cc1Cl. The Hall–Kier alpha value is -3.59. The number of anilines is 1. The van der Waals surface area contributed by atoms with Crippen LogP contribution in [0.1, 0.15) is 33.9 Å². The van der Waals surface area contributed by atoms with Crippen molar-refractivity contribution in [1.82, 2.24) is 10.3 Å². The number of carbonyl (C=O) groups is 1. The molecule has 1 aliphatic heterocycles. The molecule has 3 heterocycles. The second-order valence-corrected chi connectivity index (χ2v) is 9.22. The standard InChI is InChI=1S/C26H19Cl2N3O4S/c1-34-21-8-6-15(13-18(21)28)31-24(23(30-26(31)36)19-4-2-3-11-29-19)22-10-9-20(35-22)16-12-14(25(32)33)5-7-17(16)27/h2-13,23-24H,1H3,(H,30,36)(H,32,33)/t23-,24+/m0/s1. The summed E-state index contributed by atoms with van der Waals surface area (Å²) in [6, 6.07) is 18.4. The first-order chi connectivity index (χ1) is 17.4. The maximum Gasteiger partial charge on any atom is 0.335 e. The van der Waals surface area contributed by atoms with Crippen LogP contribution in [0.25, 0.3) is 11.3 Å². The maximum absolute atomic E-state index is 11.5. The van der Waals surface area contributed by atoms with Crippen molar-refractivity contribution in [2.24, 2.45) is 0 Å². The highest BCUT2D eigenvalue weighted by Crippen LogP contribution is 2.44. The number of nitrogens with zero attached hydrogens (tertiary/aromatic N) is 2. The van der Waals surface area contributed by atoms with Gasteiger partial charge in [0.25, 0.3) is 0 Å². The van der Waals surface area contributed by atoms with Crippen LogP contribution in [0.2, 0.25) is 10.0 Å². The molecule has 0 spiro atoms. The Balaban J connectivity index is 1.61. The summed E-state index contributed by atoms with van der Waals surface area (Å²) in [5.74, 6) is 0.507. The summed E-state index contributed by atoms with van der Waals surface area (Å²) in [5, 5.41) is 14.1. The number of methoxy groups -OCH3 is 1. The maximum atomic E-state index is 11.5. The minimum atomic E-state index is -1.05. The van der Waals surface area contributed by atoms with E-state index in [1.165, 1.54) is 18.2 Å². The monoisotopic (exact) mass is 539 g/mol. The lowest BCUT2D eigenvalue weighted by Gasteiger charge is -2.26. The van der Waals surface area contributed by atoms with Gasteiger partial charge in [-0.25, -0.2) is 4.79 Å². The Morgan fingerprint density at radius 1 is 1.11 bits per heavy atom. The van der Waals surface area contributed by atoms with E-state index in [4.69, 9.17) is 44.6 Å². The van der Waals surface area contributed by atoms with Crippen LogP contribution in [0, 0.1) is 0 Å². The molecule has 1 aliphatic rings. The van der Waals surface area contributed by atoms with Crippen LogP contribution in [-0.2, 0) is 0 Å². The van der Waals surface area contributed by atoms with E-state index in [2.05, 4.69) is 10.3 Å². The van der Waals surface area contributed by atoms with Gasteiger partial charge in [0, 0.05) is 17.4 Å². The van der Waals surface area contributed by atoms with Crippen molar-refractivity contribution in [2.45, 2.75) is 12.1 Å². The third kappa shape index (κ3) is 4.39. The summed E-state index contributed by atoms with van der Waals surface area (Å²) in [7, 11) is 1.55. The second-order valence-electron chi connectivity index (χ2n) is 8.02. The van der Waals surface area contributed by atoms with Crippen LogP contribution in [-0.4, -0.2) is 28.3 Å². The van der Waals surface area contributed by atoms with Gasteiger partial charge in [-0.1, -0.05) is 29.3 Å². The van der Waals surface area contributed by atoms with E-state index >= 15 is 0 Å². The van der Waals surface area contributed by atoms with E-state index in [0.29, 0.717) is 38.0 Å². The molecule has 2 aromatic heterocycles. The topological polar surface area (TPSA) is 87.8 Å². The quantitative estimate of drug-likeness (QED) is 0.267. The average Bonchev–Trinajstić information content (AvgIpc) is 3.49. The van der Waals surface area contributed by atoms with Gasteiger partial charge in [0.15, 0.2) is 5.11 Å². The Morgan fingerprint density at radius 3 is 2.64 bits per heavy atom. The molecule has 2 atom stereocenters. The molecule has 2 N–H and O–H groups in total. The molecule has 0 amide bonds. The number of carboxylic acids is 1. The Bertz CT molecular complexity index is 1460. The van der Waals surface area contributed by atoms with Crippen molar-refractivity contribution in [1.29, 1.82) is 0 Å². The summed E-state index contributed by atoms with van der Waals surface area (Å²) in [5.41, 5.74) is 2.10. The summed E-state index contributed by atoms with van der Waals surface area (Å²) in [6.07, 6.45) is 1.72. The van der Waals surface area contributed by atoms with E-state index in [-0.39, 0.29) is 11.6 Å². The molecule has 7 nitrogen and oxygen atoms in total. The van der Waals surface area contributed by atoms with Gasteiger partial charge >= 0.3 is 5.97 Å². The molecule has 0 unspecified atom stereocenters. The van der Waals surface area contributed by atoms with Crippen molar-refractivity contribution in [3.8, 4) is 17.1 Å². The van der Waals surface area contributed by atoms with Gasteiger partial charge in [0.2, 0.25) is 0 Å². The van der Waals surface area contributed by atoms with Gasteiger partial charge in [-0.2, -0.15) is 0 Å². The Morgan fingerprint density at radius 2 is 1.94 bits per heavy atom. The molecule has 0 saturated carbocycles. The molecule has 182 valence electrons. The third-order valence-corrected chi connectivity index (χ3v) is 6.85. The number of furan rings is 1. The van der Waals surface area contributed by atoms with Crippen molar-refractivity contribution in [3.05, 3.63) is 100.0 Å². The number of aromatic nitrogens is 1. The van der Waals surface area contributed by atoms with Gasteiger partial charge < -0.3 is 24.5 Å². The predicted molar refractivity (Wildman–Crippen MR) is 142 cm³/mol. The lowest BCUT2D eigenvalue weighted by atomic mass is 10.0. The number of hydrogen-bond donors (Lipinski definition) is 2. The van der Waals surface area contributed by atoms with E-state index < -0.39 is 12.0 Å². The first kappa shape index (κ1) is 24.1. The number of rotatable bonds is 6. The normalized spacial score (nSPS) is 17.2. The van der Waals surface area contributed by atoms with Crippen molar-refractivity contribution in [2.75, 3.05) is 12.0 Å². The molecule has 36 heavy (non-hydrogen) atoms. The summed E-state index contributed by atoms with van der Waals surface area (Å²) >= 11 is 18.6. The van der Waals surface area contributed by atoms with Gasteiger partial charge in [-0.05, 0) is 72.9 Å². The first-order valence-corrected chi connectivity index (χ1v) is 12.0. The van der Waals surface area contributed by atoms with Crippen LogP contribution < -0.4 is 15.0 Å². The molecule has 10 heteroatoms. The van der Waals surface area contributed by atoms with Crippen LogP contribution in [0.5, 0.6) is 5.75 Å². The van der Waals surface area contributed by atoms with Gasteiger partial charge in [-0.3, -0.25) is 4.98 Å². The van der Waals surface area contributed by atoms with E-state index in [1.54, 1.807) is 31.5 Å². The predicted octanol–water partition coefficient (Wildman–Crippen LogP) is 6.53. The van der Waals surface area contributed by atoms with Crippen LogP contribution in [0.3, 0.4) is 0 Å². The molecule has 1 saturated heterocycles. The number of aromatic carboxylic acids is 1. The molecular formula is C26H19Cl2N3O4S. The Kier molecular flexibility index (Phi) is 6.57. The van der Waals surface area contributed by atoms with Crippen molar-refractivity contribution >= 4 is 52.2 Å². The number of benzene rings is 2. The number of halogens is 2.